The second-order valence-corrected chi connectivity index (χ2v) is 9.18. The minimum Gasteiger partial charge on any atom is -0.493 e. The monoisotopic (exact) mass is 567 g/mol. The highest BCUT2D eigenvalue weighted by Crippen LogP contribution is 2.38. The highest BCUT2D eigenvalue weighted by Gasteiger charge is 2.14. The predicted molar refractivity (Wildman–Crippen MR) is 141 cm³/mol. The molecule has 0 saturated carbocycles. The van der Waals surface area contributed by atoms with E-state index in [-0.39, 0.29) is 0 Å². The van der Waals surface area contributed by atoms with E-state index in [9.17, 15) is 0 Å². The molecule has 0 aliphatic heterocycles. The maximum absolute atomic E-state index is 6.28. The molecule has 3 aromatic carbocycles. The molecule has 0 radical (unpaired) electrons. The summed E-state index contributed by atoms with van der Waals surface area (Å²) in [5.74, 6) is 2.79. The molecule has 0 bridgehead atoms. The van der Waals surface area contributed by atoms with Crippen molar-refractivity contribution in [2.75, 3.05) is 27.4 Å². The van der Waals surface area contributed by atoms with Gasteiger partial charge in [-0.15, -0.1) is 0 Å². The van der Waals surface area contributed by atoms with Gasteiger partial charge < -0.3 is 24.3 Å². The molecule has 0 aliphatic carbocycles. The van der Waals surface area contributed by atoms with E-state index in [1.54, 1.807) is 26.4 Å². The van der Waals surface area contributed by atoms with Crippen molar-refractivity contribution in [1.29, 1.82) is 0 Å². The van der Waals surface area contributed by atoms with Crippen molar-refractivity contribution in [3.05, 3.63) is 79.7 Å². The van der Waals surface area contributed by atoms with E-state index in [1.807, 2.05) is 43.3 Å². The fourth-order valence-corrected chi connectivity index (χ4v) is 4.48. The number of halogens is 3. The molecule has 0 unspecified atom stereocenters. The van der Waals surface area contributed by atoms with Gasteiger partial charge >= 0.3 is 0 Å². The Morgan fingerprint density at radius 1 is 0.853 bits per heavy atom. The van der Waals surface area contributed by atoms with Crippen LogP contribution < -0.4 is 24.3 Å². The van der Waals surface area contributed by atoms with Gasteiger partial charge in [-0.3, -0.25) is 0 Å². The average Bonchev–Trinajstić information content (AvgIpc) is 2.82. The van der Waals surface area contributed by atoms with Crippen LogP contribution in [0.4, 0.5) is 0 Å². The summed E-state index contributed by atoms with van der Waals surface area (Å²) >= 11 is 15.9. The van der Waals surface area contributed by atoms with Crippen LogP contribution in [0.2, 0.25) is 10.0 Å². The zero-order valence-electron chi connectivity index (χ0n) is 19.4. The van der Waals surface area contributed by atoms with Gasteiger partial charge in [0, 0.05) is 22.2 Å². The fraction of sp³-hybridized carbons (Fsp3) is 0.308. The van der Waals surface area contributed by atoms with E-state index in [1.165, 1.54) is 5.56 Å². The average molecular weight is 569 g/mol. The van der Waals surface area contributed by atoms with Gasteiger partial charge in [-0.05, 0) is 83.3 Å². The lowest BCUT2D eigenvalue weighted by atomic mass is 10.1. The summed E-state index contributed by atoms with van der Waals surface area (Å²) in [5.41, 5.74) is 3.10. The highest BCUT2D eigenvalue weighted by molar-refractivity contribution is 9.10. The number of methoxy groups -OCH3 is 2. The summed E-state index contributed by atoms with van der Waals surface area (Å²) in [6.45, 7) is 4.28. The first kappa shape index (κ1) is 26.5. The lowest BCUT2D eigenvalue weighted by molar-refractivity contribution is 0.267. The summed E-state index contributed by atoms with van der Waals surface area (Å²) in [6.07, 6.45) is 0.864. The standard InChI is InChI=1S/C26H28BrCl2NO4/c1-4-33-25-13-18(15-30-10-9-17-5-8-23(31-2)24(12-17)32-3)11-21(27)26(25)34-16-19-6-7-20(28)14-22(19)29/h5-8,11-14,30H,4,9-10,15-16H2,1-3H3. The van der Waals surface area contributed by atoms with Gasteiger partial charge in [0.25, 0.3) is 0 Å². The van der Waals surface area contributed by atoms with Crippen molar-refractivity contribution >= 4 is 39.1 Å². The number of nitrogens with one attached hydrogen (secondary N) is 1. The largest absolute Gasteiger partial charge is 0.493 e. The number of ether oxygens (including phenoxy) is 4. The first-order valence-corrected chi connectivity index (χ1v) is 12.4. The fourth-order valence-electron chi connectivity index (χ4n) is 3.42. The van der Waals surface area contributed by atoms with Crippen molar-refractivity contribution in [2.24, 2.45) is 0 Å². The second kappa shape index (κ2) is 13.1. The lowest BCUT2D eigenvalue weighted by Crippen LogP contribution is -2.17. The highest BCUT2D eigenvalue weighted by atomic mass is 79.9. The molecule has 0 saturated heterocycles. The van der Waals surface area contributed by atoms with Crippen LogP contribution in [0.1, 0.15) is 23.6 Å². The van der Waals surface area contributed by atoms with E-state index in [0.717, 1.165) is 40.1 Å². The second-order valence-electron chi connectivity index (χ2n) is 7.48. The van der Waals surface area contributed by atoms with Crippen molar-refractivity contribution in [1.82, 2.24) is 5.32 Å². The van der Waals surface area contributed by atoms with Gasteiger partial charge in [-0.25, -0.2) is 0 Å². The van der Waals surface area contributed by atoms with Crippen LogP contribution in [0.15, 0.2) is 53.0 Å². The van der Waals surface area contributed by atoms with Gasteiger partial charge in [-0.2, -0.15) is 0 Å². The third-order valence-electron chi connectivity index (χ3n) is 5.12. The molecule has 1 N–H and O–H groups in total. The maximum atomic E-state index is 6.28. The van der Waals surface area contributed by atoms with Gasteiger partial charge in [-0.1, -0.05) is 35.3 Å². The summed E-state index contributed by atoms with van der Waals surface area (Å²) < 4.78 is 23.4. The molecule has 5 nitrogen and oxygen atoms in total. The smallest absolute Gasteiger partial charge is 0.175 e. The van der Waals surface area contributed by atoms with Crippen LogP contribution in [-0.2, 0) is 19.6 Å². The van der Waals surface area contributed by atoms with E-state index in [4.69, 9.17) is 42.1 Å². The number of benzene rings is 3. The third-order valence-corrected chi connectivity index (χ3v) is 6.30. The van der Waals surface area contributed by atoms with Crippen LogP contribution in [0.5, 0.6) is 23.0 Å². The zero-order valence-corrected chi connectivity index (χ0v) is 22.5. The molecule has 0 spiro atoms. The number of hydrogen-bond donors (Lipinski definition) is 1. The molecule has 0 atom stereocenters. The summed E-state index contributed by atoms with van der Waals surface area (Å²) in [6, 6.07) is 15.4. The summed E-state index contributed by atoms with van der Waals surface area (Å²) in [4.78, 5) is 0. The molecule has 0 heterocycles. The van der Waals surface area contributed by atoms with Crippen molar-refractivity contribution in [2.45, 2.75) is 26.5 Å². The molecule has 182 valence electrons. The Morgan fingerprint density at radius 2 is 1.62 bits per heavy atom. The van der Waals surface area contributed by atoms with Crippen LogP contribution in [-0.4, -0.2) is 27.4 Å². The molecule has 34 heavy (non-hydrogen) atoms. The quantitative estimate of drug-likeness (QED) is 0.236. The normalized spacial score (nSPS) is 10.8. The van der Waals surface area contributed by atoms with Crippen LogP contribution in [0.3, 0.4) is 0 Å². The van der Waals surface area contributed by atoms with Gasteiger partial charge in [0.2, 0.25) is 0 Å². The number of hydrogen-bond acceptors (Lipinski definition) is 5. The Bertz CT molecular complexity index is 1110. The number of rotatable bonds is 12. The Morgan fingerprint density at radius 3 is 2.32 bits per heavy atom. The van der Waals surface area contributed by atoms with Crippen molar-refractivity contribution in [3.63, 3.8) is 0 Å². The topological polar surface area (TPSA) is 49.0 Å². The predicted octanol–water partition coefficient (Wildman–Crippen LogP) is 7.08. The SMILES string of the molecule is CCOc1cc(CNCCc2ccc(OC)c(OC)c2)cc(Br)c1OCc1ccc(Cl)cc1Cl. The third kappa shape index (κ3) is 7.19. The molecule has 0 fully saturated rings. The van der Waals surface area contributed by atoms with Crippen molar-refractivity contribution < 1.29 is 18.9 Å². The van der Waals surface area contributed by atoms with E-state index in [0.29, 0.717) is 41.3 Å². The summed E-state index contributed by atoms with van der Waals surface area (Å²) in [7, 11) is 3.28. The molecule has 8 heteroatoms. The molecular formula is C26H28BrCl2NO4. The molecule has 0 amide bonds. The summed E-state index contributed by atoms with van der Waals surface area (Å²) in [5, 5.41) is 4.64. The first-order valence-electron chi connectivity index (χ1n) is 10.9. The Labute approximate surface area is 219 Å². The molecule has 3 rings (SSSR count). The van der Waals surface area contributed by atoms with E-state index >= 15 is 0 Å². The Balaban J connectivity index is 1.62. The minimum atomic E-state index is 0.303. The minimum absolute atomic E-state index is 0.303. The van der Waals surface area contributed by atoms with E-state index < -0.39 is 0 Å². The maximum Gasteiger partial charge on any atom is 0.175 e. The molecular weight excluding hydrogens is 541 g/mol. The lowest BCUT2D eigenvalue weighted by Gasteiger charge is -2.16. The van der Waals surface area contributed by atoms with E-state index in [2.05, 4.69) is 21.2 Å². The zero-order chi connectivity index (χ0) is 24.5. The molecule has 3 aromatic rings. The molecule has 0 aliphatic rings. The van der Waals surface area contributed by atoms with Gasteiger partial charge in [0.1, 0.15) is 6.61 Å². The Kier molecular flexibility index (Phi) is 10.2. The van der Waals surface area contributed by atoms with Crippen molar-refractivity contribution in [3.8, 4) is 23.0 Å². The Hall–Kier alpha value is -2.12. The van der Waals surface area contributed by atoms with Gasteiger partial charge in [0.05, 0.1) is 25.3 Å². The first-order chi connectivity index (χ1) is 16.4. The van der Waals surface area contributed by atoms with Crippen LogP contribution in [0, 0.1) is 0 Å². The van der Waals surface area contributed by atoms with Crippen LogP contribution >= 0.6 is 39.1 Å². The van der Waals surface area contributed by atoms with Crippen LogP contribution in [0.25, 0.3) is 0 Å². The molecule has 0 aromatic heterocycles. The van der Waals surface area contributed by atoms with Gasteiger partial charge in [0.15, 0.2) is 23.0 Å².